The highest BCUT2D eigenvalue weighted by Gasteiger charge is 2.39. The van der Waals surface area contributed by atoms with E-state index in [0.29, 0.717) is 13.1 Å². The van der Waals surface area contributed by atoms with Crippen molar-refractivity contribution in [2.45, 2.75) is 32.2 Å². The van der Waals surface area contributed by atoms with Crippen molar-refractivity contribution in [1.29, 1.82) is 0 Å². The molecule has 1 atom stereocenters. The van der Waals surface area contributed by atoms with Crippen molar-refractivity contribution >= 4 is 28.3 Å². The summed E-state index contributed by atoms with van der Waals surface area (Å²) in [5.74, 6) is 0.328. The maximum Gasteiger partial charge on any atom is 0.249 e. The molecule has 1 saturated carbocycles. The van der Waals surface area contributed by atoms with E-state index in [9.17, 15) is 9.59 Å². The van der Waals surface area contributed by atoms with Crippen molar-refractivity contribution in [2.24, 2.45) is 5.92 Å². The second-order valence-corrected chi connectivity index (χ2v) is 6.82. The Kier molecular flexibility index (Phi) is 3.75. The Morgan fingerprint density at radius 3 is 2.54 bits per heavy atom. The molecule has 124 valence electrons. The summed E-state index contributed by atoms with van der Waals surface area (Å²) in [5, 5.41) is 2.21. The first-order valence-electron chi connectivity index (χ1n) is 8.76. The van der Waals surface area contributed by atoms with Crippen LogP contribution in [0.2, 0.25) is 0 Å². The van der Waals surface area contributed by atoms with Gasteiger partial charge in [0.15, 0.2) is 0 Å². The molecule has 4 rings (SSSR count). The molecule has 0 spiro atoms. The van der Waals surface area contributed by atoms with Crippen molar-refractivity contribution in [2.75, 3.05) is 18.0 Å². The lowest BCUT2D eigenvalue weighted by atomic mass is 9.84. The Hall–Kier alpha value is -2.36. The van der Waals surface area contributed by atoms with Gasteiger partial charge in [-0.15, -0.1) is 0 Å². The molecule has 2 aromatic rings. The topological polar surface area (TPSA) is 40.6 Å². The van der Waals surface area contributed by atoms with E-state index in [0.717, 1.165) is 35.7 Å². The van der Waals surface area contributed by atoms with Gasteiger partial charge in [-0.25, -0.2) is 0 Å². The highest BCUT2D eigenvalue weighted by Crippen LogP contribution is 2.32. The van der Waals surface area contributed by atoms with Crippen molar-refractivity contribution in [1.82, 2.24) is 4.90 Å². The van der Waals surface area contributed by atoms with Gasteiger partial charge in [-0.1, -0.05) is 42.8 Å². The number of amides is 2. The molecule has 1 heterocycles. The third-order valence-electron chi connectivity index (χ3n) is 5.45. The lowest BCUT2D eigenvalue weighted by Crippen LogP contribution is -2.59. The molecule has 24 heavy (non-hydrogen) atoms. The monoisotopic (exact) mass is 322 g/mol. The van der Waals surface area contributed by atoms with Crippen LogP contribution in [0.15, 0.2) is 42.5 Å². The van der Waals surface area contributed by atoms with Crippen LogP contribution < -0.4 is 4.90 Å². The molecule has 1 aliphatic carbocycles. The fourth-order valence-electron chi connectivity index (χ4n) is 3.74. The maximum absolute atomic E-state index is 12.9. The summed E-state index contributed by atoms with van der Waals surface area (Å²) in [7, 11) is 0. The standard InChI is InChI=1S/C20H22N2O2/c1-14-19(23)22(13-12-21(14)20(24)16-8-4-9-16)18-11-5-7-15-6-2-3-10-17(15)18/h2-3,5-7,10-11,14,16H,4,8-9,12-13H2,1H3. The fourth-order valence-corrected chi connectivity index (χ4v) is 3.74. The molecule has 2 aliphatic rings. The summed E-state index contributed by atoms with van der Waals surface area (Å²) < 4.78 is 0. The van der Waals surface area contributed by atoms with Gasteiger partial charge < -0.3 is 9.80 Å². The molecular weight excluding hydrogens is 300 g/mol. The first-order valence-corrected chi connectivity index (χ1v) is 8.76. The largest absolute Gasteiger partial charge is 0.329 e. The summed E-state index contributed by atoms with van der Waals surface area (Å²) in [5.41, 5.74) is 0.945. The van der Waals surface area contributed by atoms with Gasteiger partial charge in [-0.3, -0.25) is 9.59 Å². The van der Waals surface area contributed by atoms with Gasteiger partial charge in [-0.2, -0.15) is 0 Å². The second-order valence-electron chi connectivity index (χ2n) is 6.82. The Bertz CT molecular complexity index is 792. The van der Waals surface area contributed by atoms with Gasteiger partial charge >= 0.3 is 0 Å². The molecule has 0 radical (unpaired) electrons. The van der Waals surface area contributed by atoms with Crippen molar-refractivity contribution in [3.05, 3.63) is 42.5 Å². The molecule has 0 bridgehead atoms. The van der Waals surface area contributed by atoms with E-state index in [1.54, 1.807) is 4.90 Å². The molecular formula is C20H22N2O2. The minimum atomic E-state index is -0.384. The summed E-state index contributed by atoms with van der Waals surface area (Å²) in [6, 6.07) is 13.8. The summed E-state index contributed by atoms with van der Waals surface area (Å²) in [6.07, 6.45) is 3.08. The van der Waals surface area contributed by atoms with Gasteiger partial charge in [0.2, 0.25) is 11.8 Å². The van der Waals surface area contributed by atoms with Crippen LogP contribution in [0.1, 0.15) is 26.2 Å². The summed E-state index contributed by atoms with van der Waals surface area (Å²) in [4.78, 5) is 29.1. The van der Waals surface area contributed by atoms with Crippen LogP contribution in [0.5, 0.6) is 0 Å². The number of carbonyl (C=O) groups is 2. The van der Waals surface area contributed by atoms with Gasteiger partial charge in [0.1, 0.15) is 6.04 Å². The van der Waals surface area contributed by atoms with Crippen LogP contribution in [0, 0.1) is 5.92 Å². The molecule has 0 aromatic heterocycles. The van der Waals surface area contributed by atoms with Crippen LogP contribution in [0.3, 0.4) is 0 Å². The molecule has 1 saturated heterocycles. The van der Waals surface area contributed by atoms with Gasteiger partial charge in [-0.05, 0) is 31.2 Å². The predicted octanol–water partition coefficient (Wildman–Crippen LogP) is 3.20. The third-order valence-corrected chi connectivity index (χ3v) is 5.45. The van der Waals surface area contributed by atoms with Gasteiger partial charge in [0, 0.05) is 24.4 Å². The predicted molar refractivity (Wildman–Crippen MR) is 94.8 cm³/mol. The van der Waals surface area contributed by atoms with E-state index in [4.69, 9.17) is 0 Å². The Morgan fingerprint density at radius 2 is 1.79 bits per heavy atom. The van der Waals surface area contributed by atoms with E-state index >= 15 is 0 Å². The Morgan fingerprint density at radius 1 is 1.04 bits per heavy atom. The van der Waals surface area contributed by atoms with Crippen molar-refractivity contribution in [3.8, 4) is 0 Å². The zero-order valence-corrected chi connectivity index (χ0v) is 13.9. The lowest BCUT2D eigenvalue weighted by Gasteiger charge is -2.42. The minimum absolute atomic E-state index is 0.0188. The van der Waals surface area contributed by atoms with Crippen LogP contribution in [-0.2, 0) is 9.59 Å². The SMILES string of the molecule is CC1C(=O)N(c2cccc3ccccc23)CCN1C(=O)C1CCC1. The molecule has 2 fully saturated rings. The number of carbonyl (C=O) groups excluding carboxylic acids is 2. The zero-order valence-electron chi connectivity index (χ0n) is 13.9. The molecule has 2 aromatic carbocycles. The van der Waals surface area contributed by atoms with Crippen LogP contribution in [0.25, 0.3) is 10.8 Å². The van der Waals surface area contributed by atoms with E-state index in [-0.39, 0.29) is 23.8 Å². The molecule has 1 aliphatic heterocycles. The van der Waals surface area contributed by atoms with E-state index in [1.807, 2.05) is 36.1 Å². The smallest absolute Gasteiger partial charge is 0.249 e. The minimum Gasteiger partial charge on any atom is -0.329 e. The molecule has 4 heteroatoms. The molecule has 1 unspecified atom stereocenters. The van der Waals surface area contributed by atoms with E-state index < -0.39 is 0 Å². The average molecular weight is 322 g/mol. The van der Waals surface area contributed by atoms with Crippen LogP contribution in [-0.4, -0.2) is 35.8 Å². The molecule has 0 N–H and O–H groups in total. The van der Waals surface area contributed by atoms with E-state index in [1.165, 1.54) is 0 Å². The van der Waals surface area contributed by atoms with Crippen molar-refractivity contribution < 1.29 is 9.59 Å². The first-order chi connectivity index (χ1) is 11.7. The first kappa shape index (κ1) is 15.2. The Balaban J connectivity index is 1.62. The number of piperazine rings is 1. The zero-order chi connectivity index (χ0) is 16.7. The second kappa shape index (κ2) is 5.93. The average Bonchev–Trinajstić information content (AvgIpc) is 2.55. The van der Waals surface area contributed by atoms with Crippen LogP contribution in [0.4, 0.5) is 5.69 Å². The summed E-state index contributed by atoms with van der Waals surface area (Å²) in [6.45, 7) is 3.04. The summed E-state index contributed by atoms with van der Waals surface area (Å²) >= 11 is 0. The van der Waals surface area contributed by atoms with Crippen LogP contribution >= 0.6 is 0 Å². The van der Waals surface area contributed by atoms with Gasteiger partial charge in [0.25, 0.3) is 0 Å². The number of hydrogen-bond donors (Lipinski definition) is 0. The third kappa shape index (κ3) is 2.37. The number of fused-ring (bicyclic) bond motifs is 1. The maximum atomic E-state index is 12.9. The number of anilines is 1. The quantitative estimate of drug-likeness (QED) is 0.852. The number of hydrogen-bond acceptors (Lipinski definition) is 2. The van der Waals surface area contributed by atoms with E-state index in [2.05, 4.69) is 18.2 Å². The van der Waals surface area contributed by atoms with Crippen molar-refractivity contribution in [3.63, 3.8) is 0 Å². The Labute approximate surface area is 142 Å². The normalized spacial score (nSPS) is 21.9. The number of rotatable bonds is 2. The highest BCUT2D eigenvalue weighted by atomic mass is 16.2. The lowest BCUT2D eigenvalue weighted by molar-refractivity contribution is -0.146. The molecule has 2 amide bonds. The van der Waals surface area contributed by atoms with Gasteiger partial charge in [0.05, 0.1) is 5.69 Å². The highest BCUT2D eigenvalue weighted by molar-refractivity contribution is 6.07. The number of nitrogens with zero attached hydrogens (tertiary/aromatic N) is 2. The number of benzene rings is 2. The molecule has 4 nitrogen and oxygen atoms in total. The fraction of sp³-hybridized carbons (Fsp3) is 0.400.